The van der Waals surface area contributed by atoms with Crippen molar-refractivity contribution in [2.24, 2.45) is 0 Å². The largest absolute Gasteiger partial charge is 0.673 e. The summed E-state index contributed by atoms with van der Waals surface area (Å²) in [5.41, 5.74) is 10.4. The minimum Gasteiger partial charge on any atom is -0.418 e. The second-order valence-corrected chi connectivity index (χ2v) is 9.83. The van der Waals surface area contributed by atoms with Gasteiger partial charge in [-0.25, -0.2) is 0 Å². The Morgan fingerprint density at radius 2 is 0.717 bits per heavy atom. The van der Waals surface area contributed by atoms with Crippen LogP contribution in [0.1, 0.15) is 25.0 Å². The van der Waals surface area contributed by atoms with E-state index in [1.807, 2.05) is 0 Å². The summed E-state index contributed by atoms with van der Waals surface area (Å²) in [6.45, 7) is 4.41. The molecule has 0 aliphatic rings. The second-order valence-electron chi connectivity index (χ2n) is 9.83. The van der Waals surface area contributed by atoms with Crippen LogP contribution in [-0.2, 0) is 12.8 Å². The van der Waals surface area contributed by atoms with Gasteiger partial charge in [-0.15, -0.1) is 0 Å². The van der Waals surface area contributed by atoms with Crippen LogP contribution in [0.25, 0.3) is 33.5 Å². The third-order valence-electron chi connectivity index (χ3n) is 6.64. The first-order valence-corrected chi connectivity index (χ1v) is 14.5. The monoisotopic (exact) mass is 642 g/mol. The van der Waals surface area contributed by atoms with Crippen molar-refractivity contribution in [3.63, 3.8) is 0 Å². The molecule has 2 aromatic carbocycles. The van der Waals surface area contributed by atoms with Crippen molar-refractivity contribution >= 4 is 25.5 Å². The fraction of sp³-hybridized carbons (Fsp3) is 0.118. The third-order valence-corrected chi connectivity index (χ3v) is 6.64. The van der Waals surface area contributed by atoms with Gasteiger partial charge in [-0.3, -0.25) is 0 Å². The predicted molar refractivity (Wildman–Crippen MR) is 169 cm³/mol. The molecule has 46 heavy (non-hydrogen) atoms. The van der Waals surface area contributed by atoms with Crippen LogP contribution < -0.4 is 8.80 Å². The molecular formula is C34H32B2F8N2. The summed E-state index contributed by atoms with van der Waals surface area (Å²) < 4.78 is 82.5. The topological polar surface area (TPSA) is 8.20 Å². The van der Waals surface area contributed by atoms with E-state index in [0.29, 0.717) is 0 Å². The van der Waals surface area contributed by atoms with E-state index in [4.69, 9.17) is 0 Å². The highest BCUT2D eigenvalue weighted by atomic mass is 19.5. The number of benzene rings is 2. The molecule has 0 fully saturated rings. The molecule has 0 atom stereocenters. The molecule has 0 unspecified atom stereocenters. The summed E-state index contributed by atoms with van der Waals surface area (Å²) in [6, 6.07) is 42.6. The fourth-order valence-electron chi connectivity index (χ4n) is 4.84. The number of rotatable bonds is 4. The standard InChI is InChI=1S/2C17H16N.2BF4/c2*1-2-14-11-12-16-10-6-7-13-18(16)17(14)15-8-4-3-5-9-15;2*2-1(3,4)5/h2*3-13H,2H2,1H3;;/q2*+1;2*-1. The molecule has 6 rings (SSSR count). The van der Waals surface area contributed by atoms with Crippen LogP contribution in [0.5, 0.6) is 0 Å². The van der Waals surface area contributed by atoms with Gasteiger partial charge in [0.1, 0.15) is 0 Å². The lowest BCUT2D eigenvalue weighted by Gasteiger charge is -2.05. The van der Waals surface area contributed by atoms with Crippen molar-refractivity contribution in [3.05, 3.63) is 145 Å². The lowest BCUT2D eigenvalue weighted by atomic mass is 10.0. The molecule has 0 saturated carbocycles. The first-order chi connectivity index (χ1) is 21.8. The predicted octanol–water partition coefficient (Wildman–Crippen LogP) is 9.91. The molecule has 0 radical (unpaired) electrons. The van der Waals surface area contributed by atoms with E-state index in [9.17, 15) is 34.5 Å². The van der Waals surface area contributed by atoms with Crippen molar-refractivity contribution in [1.82, 2.24) is 0 Å². The van der Waals surface area contributed by atoms with Crippen LogP contribution in [-0.4, -0.2) is 14.5 Å². The van der Waals surface area contributed by atoms with E-state index in [0.717, 1.165) is 12.8 Å². The molecule has 0 aliphatic heterocycles. The molecule has 0 N–H and O–H groups in total. The smallest absolute Gasteiger partial charge is 0.418 e. The summed E-state index contributed by atoms with van der Waals surface area (Å²) in [6.07, 6.45) is 6.36. The Kier molecular flexibility index (Phi) is 12.9. The molecule has 0 amide bonds. The number of fused-ring (bicyclic) bond motifs is 2. The van der Waals surface area contributed by atoms with E-state index in [1.165, 1.54) is 44.7 Å². The van der Waals surface area contributed by atoms with Gasteiger partial charge < -0.3 is 34.5 Å². The van der Waals surface area contributed by atoms with Gasteiger partial charge in [-0.05, 0) is 61.4 Å². The molecule has 240 valence electrons. The lowest BCUT2D eigenvalue weighted by Crippen LogP contribution is -2.25. The van der Waals surface area contributed by atoms with Crippen LogP contribution in [0.15, 0.2) is 134 Å². The number of aryl methyl sites for hydroxylation is 2. The maximum absolute atomic E-state index is 9.75. The van der Waals surface area contributed by atoms with Crippen LogP contribution in [0, 0.1) is 0 Å². The Balaban J connectivity index is 0.000000195. The van der Waals surface area contributed by atoms with Gasteiger partial charge in [0.25, 0.3) is 0 Å². The van der Waals surface area contributed by atoms with Crippen LogP contribution >= 0.6 is 0 Å². The molecule has 0 bridgehead atoms. The van der Waals surface area contributed by atoms with E-state index >= 15 is 0 Å². The molecule has 6 aromatic rings. The lowest BCUT2D eigenvalue weighted by molar-refractivity contribution is -0.500. The number of halogens is 8. The molecule has 0 spiro atoms. The van der Waals surface area contributed by atoms with Crippen LogP contribution in [0.2, 0.25) is 0 Å². The van der Waals surface area contributed by atoms with Gasteiger partial charge in [0.15, 0.2) is 12.4 Å². The zero-order chi connectivity index (χ0) is 33.7. The summed E-state index contributed by atoms with van der Waals surface area (Å²) >= 11 is 0. The number of aromatic nitrogens is 2. The maximum Gasteiger partial charge on any atom is 0.673 e. The van der Waals surface area contributed by atoms with Crippen molar-refractivity contribution in [3.8, 4) is 22.5 Å². The molecule has 4 heterocycles. The summed E-state index contributed by atoms with van der Waals surface area (Å²) in [7, 11) is -12.0. The number of hydrogen-bond donors (Lipinski definition) is 0. The Hall–Kier alpha value is -4.73. The molecular weight excluding hydrogens is 610 g/mol. The zero-order valence-electron chi connectivity index (χ0n) is 25.2. The Morgan fingerprint density at radius 1 is 0.413 bits per heavy atom. The molecule has 2 nitrogen and oxygen atoms in total. The first kappa shape index (κ1) is 35.7. The third kappa shape index (κ3) is 11.3. The van der Waals surface area contributed by atoms with E-state index in [-0.39, 0.29) is 0 Å². The highest BCUT2D eigenvalue weighted by Crippen LogP contribution is 2.22. The zero-order valence-corrected chi connectivity index (χ0v) is 25.2. The van der Waals surface area contributed by atoms with Crippen LogP contribution in [0.3, 0.4) is 0 Å². The van der Waals surface area contributed by atoms with Gasteiger partial charge in [0, 0.05) is 58.7 Å². The molecule has 0 saturated heterocycles. The average Bonchev–Trinajstić information content (AvgIpc) is 3.03. The van der Waals surface area contributed by atoms with E-state index in [2.05, 4.69) is 156 Å². The van der Waals surface area contributed by atoms with E-state index in [1.54, 1.807) is 0 Å². The average molecular weight is 642 g/mol. The van der Waals surface area contributed by atoms with Gasteiger partial charge in [-0.1, -0.05) is 50.2 Å². The molecule has 12 heteroatoms. The number of pyridine rings is 4. The Bertz CT molecular complexity index is 1670. The quantitative estimate of drug-likeness (QED) is 0.103. The Morgan fingerprint density at radius 3 is 1.02 bits per heavy atom. The summed E-state index contributed by atoms with van der Waals surface area (Å²) in [4.78, 5) is 0. The first-order valence-electron chi connectivity index (χ1n) is 14.5. The highest BCUT2D eigenvalue weighted by Gasteiger charge is 2.21. The van der Waals surface area contributed by atoms with Crippen LogP contribution in [0.4, 0.5) is 34.5 Å². The van der Waals surface area contributed by atoms with Crippen molar-refractivity contribution in [2.45, 2.75) is 26.7 Å². The second kappa shape index (κ2) is 16.5. The summed E-state index contributed by atoms with van der Waals surface area (Å²) in [5, 5.41) is 0. The van der Waals surface area contributed by atoms with Gasteiger partial charge in [0.05, 0.1) is 0 Å². The fourth-order valence-corrected chi connectivity index (χ4v) is 4.84. The van der Waals surface area contributed by atoms with Crippen molar-refractivity contribution < 1.29 is 43.3 Å². The van der Waals surface area contributed by atoms with Gasteiger partial charge in [0.2, 0.25) is 22.4 Å². The number of nitrogens with zero attached hydrogens (tertiary/aromatic N) is 2. The van der Waals surface area contributed by atoms with E-state index < -0.39 is 14.5 Å². The normalized spacial score (nSPS) is 11.0. The minimum atomic E-state index is -6.00. The number of hydrogen-bond acceptors (Lipinski definition) is 0. The minimum absolute atomic E-state index is 1.04. The van der Waals surface area contributed by atoms with Gasteiger partial charge >= 0.3 is 14.5 Å². The molecule has 4 aromatic heterocycles. The maximum atomic E-state index is 9.75. The molecule has 0 aliphatic carbocycles. The Labute approximate surface area is 262 Å². The highest BCUT2D eigenvalue weighted by molar-refractivity contribution is 6.50. The summed E-state index contributed by atoms with van der Waals surface area (Å²) in [5.74, 6) is 0. The SMILES string of the molecule is CCc1ccc2cccc[n+]2c1-c1ccccc1.CCc1ccc2cccc[n+]2c1-c1ccccc1.F[B-](F)(F)F.F[B-](F)(F)F. The van der Waals surface area contributed by atoms with Crippen molar-refractivity contribution in [2.75, 3.05) is 0 Å². The van der Waals surface area contributed by atoms with Crippen molar-refractivity contribution in [1.29, 1.82) is 0 Å². The van der Waals surface area contributed by atoms with Gasteiger partial charge in [-0.2, -0.15) is 8.80 Å².